The first kappa shape index (κ1) is 17.6. The summed E-state index contributed by atoms with van der Waals surface area (Å²) in [6.45, 7) is 2.26. The van der Waals surface area contributed by atoms with Gasteiger partial charge in [-0.1, -0.05) is 70.1 Å². The molecule has 0 fully saturated rings. The molecule has 0 spiro atoms. The van der Waals surface area contributed by atoms with Gasteiger partial charge in [0.25, 0.3) is 0 Å². The summed E-state index contributed by atoms with van der Waals surface area (Å²) in [5.74, 6) is 0.454. The van der Waals surface area contributed by atoms with E-state index in [1.165, 1.54) is 51.4 Å². The number of hydrogen-bond donors (Lipinski definition) is 1. The Balaban J connectivity index is 0.00000289. The SMILES string of the molecule is CCCCCCCCCCc1ccccc1O.[LiH]. The molecule has 0 bridgehead atoms. The Morgan fingerprint density at radius 3 is 2.00 bits per heavy atom. The number of para-hydroxylation sites is 1. The summed E-state index contributed by atoms with van der Waals surface area (Å²) in [6, 6.07) is 7.68. The number of hydrogen-bond acceptors (Lipinski definition) is 1. The van der Waals surface area contributed by atoms with Gasteiger partial charge in [0.2, 0.25) is 0 Å². The minimum absolute atomic E-state index is 0. The molecule has 1 N–H and O–H groups in total. The molecule has 0 heterocycles. The van der Waals surface area contributed by atoms with Crippen molar-refractivity contribution in [3.8, 4) is 5.75 Å². The quantitative estimate of drug-likeness (QED) is 0.502. The topological polar surface area (TPSA) is 20.2 Å². The van der Waals surface area contributed by atoms with Gasteiger partial charge in [-0.2, -0.15) is 0 Å². The molecule has 0 aliphatic heterocycles. The van der Waals surface area contributed by atoms with Crippen LogP contribution in [-0.4, -0.2) is 24.0 Å². The molecule has 2 heteroatoms. The molecule has 0 saturated carbocycles. The molecule has 0 aromatic heterocycles. The molecule has 18 heavy (non-hydrogen) atoms. The molecule has 0 saturated heterocycles. The van der Waals surface area contributed by atoms with Gasteiger partial charge in [0.1, 0.15) is 5.75 Å². The molecule has 1 aromatic rings. The van der Waals surface area contributed by atoms with Gasteiger partial charge in [-0.25, -0.2) is 0 Å². The second-order valence-electron chi connectivity index (χ2n) is 4.85. The third-order valence-corrected chi connectivity index (χ3v) is 3.29. The van der Waals surface area contributed by atoms with E-state index in [9.17, 15) is 5.11 Å². The predicted molar refractivity (Wildman–Crippen MR) is 81.6 cm³/mol. The summed E-state index contributed by atoms with van der Waals surface area (Å²) < 4.78 is 0. The number of phenolic OH excluding ortho intramolecular Hbond substituents is 1. The maximum atomic E-state index is 9.61. The minimum atomic E-state index is 0. The summed E-state index contributed by atoms with van der Waals surface area (Å²) in [6.07, 6.45) is 11.7. The first-order valence-corrected chi connectivity index (χ1v) is 7.11. The second kappa shape index (κ2) is 11.7. The van der Waals surface area contributed by atoms with Gasteiger partial charge >= 0.3 is 18.9 Å². The van der Waals surface area contributed by atoms with E-state index in [0.717, 1.165) is 12.0 Å². The van der Waals surface area contributed by atoms with Crippen molar-refractivity contribution in [3.63, 3.8) is 0 Å². The zero-order valence-electron chi connectivity index (χ0n) is 11.1. The second-order valence-corrected chi connectivity index (χ2v) is 4.85. The Morgan fingerprint density at radius 1 is 0.833 bits per heavy atom. The third kappa shape index (κ3) is 7.85. The average molecular weight is 242 g/mol. The number of rotatable bonds is 9. The Labute approximate surface area is 124 Å². The number of aromatic hydroxyl groups is 1. The van der Waals surface area contributed by atoms with Gasteiger partial charge in [0.05, 0.1) is 0 Å². The van der Waals surface area contributed by atoms with Crippen LogP contribution in [0.25, 0.3) is 0 Å². The van der Waals surface area contributed by atoms with Crippen molar-refractivity contribution in [2.24, 2.45) is 0 Å². The van der Waals surface area contributed by atoms with E-state index in [1.54, 1.807) is 6.07 Å². The van der Waals surface area contributed by atoms with Crippen LogP contribution in [0.4, 0.5) is 0 Å². The van der Waals surface area contributed by atoms with Gasteiger partial charge in [0, 0.05) is 0 Å². The van der Waals surface area contributed by atoms with Crippen molar-refractivity contribution in [2.75, 3.05) is 0 Å². The molecular weight excluding hydrogens is 215 g/mol. The predicted octanol–water partition coefficient (Wildman–Crippen LogP) is 4.43. The first-order chi connectivity index (χ1) is 8.34. The van der Waals surface area contributed by atoms with Crippen LogP contribution < -0.4 is 0 Å². The molecule has 1 nitrogen and oxygen atoms in total. The van der Waals surface area contributed by atoms with Gasteiger partial charge in [-0.15, -0.1) is 0 Å². The fourth-order valence-electron chi connectivity index (χ4n) is 2.17. The average Bonchev–Trinajstić information content (AvgIpc) is 2.35. The molecule has 0 amide bonds. The number of aryl methyl sites for hydroxylation is 1. The number of benzene rings is 1. The summed E-state index contributed by atoms with van der Waals surface area (Å²) in [4.78, 5) is 0. The van der Waals surface area contributed by atoms with Crippen molar-refractivity contribution in [2.45, 2.75) is 64.7 Å². The van der Waals surface area contributed by atoms with E-state index in [1.807, 2.05) is 18.2 Å². The fraction of sp³-hybridized carbons (Fsp3) is 0.625. The van der Waals surface area contributed by atoms with Gasteiger partial charge < -0.3 is 5.11 Å². The molecule has 1 rings (SSSR count). The molecule has 0 aliphatic rings. The van der Waals surface area contributed by atoms with Crippen LogP contribution in [0, 0.1) is 0 Å². The van der Waals surface area contributed by atoms with Crippen LogP contribution >= 0.6 is 0 Å². The molecule has 0 atom stereocenters. The molecule has 98 valence electrons. The Bertz CT molecular complexity index is 299. The van der Waals surface area contributed by atoms with Crippen molar-refractivity contribution >= 4 is 18.9 Å². The van der Waals surface area contributed by atoms with E-state index in [4.69, 9.17) is 0 Å². The van der Waals surface area contributed by atoms with Crippen LogP contribution in [0.5, 0.6) is 5.75 Å². The van der Waals surface area contributed by atoms with Crippen molar-refractivity contribution < 1.29 is 5.11 Å². The zero-order chi connectivity index (χ0) is 12.3. The molecule has 0 unspecified atom stereocenters. The monoisotopic (exact) mass is 242 g/mol. The zero-order valence-corrected chi connectivity index (χ0v) is 11.1. The Morgan fingerprint density at radius 2 is 1.39 bits per heavy atom. The maximum absolute atomic E-state index is 9.61. The molecule has 0 aliphatic carbocycles. The fourth-order valence-corrected chi connectivity index (χ4v) is 2.17. The van der Waals surface area contributed by atoms with Crippen LogP contribution in [0.1, 0.15) is 63.9 Å². The summed E-state index contributed by atoms with van der Waals surface area (Å²) >= 11 is 0. The summed E-state index contributed by atoms with van der Waals surface area (Å²) in [5, 5.41) is 9.61. The van der Waals surface area contributed by atoms with E-state index in [2.05, 4.69) is 6.92 Å². The standard InChI is InChI=1S/C16H26O.Li.H/c1-2-3-4-5-6-7-8-9-12-15-13-10-11-14-16(15)17;;/h10-11,13-14,17H,2-9,12H2,1H3;;. The van der Waals surface area contributed by atoms with E-state index >= 15 is 0 Å². The van der Waals surface area contributed by atoms with Crippen LogP contribution in [-0.2, 0) is 6.42 Å². The molecular formula is C16H27LiO. The number of unbranched alkanes of at least 4 members (excludes halogenated alkanes) is 7. The Kier molecular flexibility index (Phi) is 11.4. The van der Waals surface area contributed by atoms with E-state index < -0.39 is 0 Å². The van der Waals surface area contributed by atoms with Gasteiger partial charge in [0.15, 0.2) is 0 Å². The number of phenols is 1. The van der Waals surface area contributed by atoms with E-state index in [0.29, 0.717) is 5.75 Å². The normalized spacial score (nSPS) is 10.1. The van der Waals surface area contributed by atoms with Gasteiger partial charge in [-0.05, 0) is 24.5 Å². The van der Waals surface area contributed by atoms with Crippen molar-refractivity contribution in [1.29, 1.82) is 0 Å². The first-order valence-electron chi connectivity index (χ1n) is 7.11. The molecule has 1 aromatic carbocycles. The van der Waals surface area contributed by atoms with Crippen molar-refractivity contribution in [3.05, 3.63) is 29.8 Å². The van der Waals surface area contributed by atoms with Crippen LogP contribution in [0.3, 0.4) is 0 Å². The Hall–Kier alpha value is -0.383. The van der Waals surface area contributed by atoms with Crippen molar-refractivity contribution in [1.82, 2.24) is 0 Å². The van der Waals surface area contributed by atoms with Crippen LogP contribution in [0.2, 0.25) is 0 Å². The summed E-state index contributed by atoms with van der Waals surface area (Å²) in [5.41, 5.74) is 1.10. The third-order valence-electron chi connectivity index (χ3n) is 3.29. The molecule has 0 radical (unpaired) electrons. The van der Waals surface area contributed by atoms with Crippen LogP contribution in [0.15, 0.2) is 24.3 Å². The van der Waals surface area contributed by atoms with E-state index in [-0.39, 0.29) is 18.9 Å². The summed E-state index contributed by atoms with van der Waals surface area (Å²) in [7, 11) is 0. The van der Waals surface area contributed by atoms with Gasteiger partial charge in [-0.3, -0.25) is 0 Å².